The van der Waals surface area contributed by atoms with Crippen LogP contribution in [-0.4, -0.2) is 47.4 Å². The van der Waals surface area contributed by atoms with Crippen LogP contribution in [0, 0.1) is 0 Å². The topological polar surface area (TPSA) is 95.9 Å². The van der Waals surface area contributed by atoms with Gasteiger partial charge in [0.05, 0.1) is 25.4 Å². The molecule has 3 N–H and O–H groups in total. The summed E-state index contributed by atoms with van der Waals surface area (Å²) in [6, 6.07) is -0.543. The van der Waals surface area contributed by atoms with Crippen LogP contribution in [0.5, 0.6) is 0 Å². The molecule has 0 bridgehead atoms. The normalized spacial score (nSPS) is 12.7. The van der Waals surface area contributed by atoms with Gasteiger partial charge < -0.3 is 20.3 Å². The van der Waals surface area contributed by atoms with Crippen LogP contribution in [0.15, 0.2) is 24.3 Å². The average Bonchev–Trinajstić information content (AvgIpc) is 3.37. The van der Waals surface area contributed by atoms with E-state index in [2.05, 4.69) is 43.5 Å². The Hall–Kier alpha value is -1.66. The number of amides is 1. The van der Waals surface area contributed by atoms with E-state index >= 15 is 0 Å². The first-order valence-electron chi connectivity index (χ1n) is 32.1. The van der Waals surface area contributed by atoms with Crippen LogP contribution in [0.2, 0.25) is 0 Å². The number of ether oxygens (including phenoxy) is 1. The molecule has 0 saturated carbocycles. The summed E-state index contributed by atoms with van der Waals surface area (Å²) in [4.78, 5) is 24.6. The summed E-state index contributed by atoms with van der Waals surface area (Å²) in [6.45, 7) is 4.93. The van der Waals surface area contributed by atoms with Crippen molar-refractivity contribution in [2.24, 2.45) is 0 Å². The third-order valence-corrected chi connectivity index (χ3v) is 15.0. The molecule has 6 heteroatoms. The van der Waals surface area contributed by atoms with Crippen molar-refractivity contribution in [3.05, 3.63) is 24.3 Å². The summed E-state index contributed by atoms with van der Waals surface area (Å²) in [5, 5.41) is 23.4. The molecule has 0 radical (unpaired) electrons. The van der Waals surface area contributed by atoms with Crippen LogP contribution in [0.1, 0.15) is 354 Å². The molecule has 0 aliphatic rings. The molecule has 0 heterocycles. The van der Waals surface area contributed by atoms with Crippen molar-refractivity contribution in [3.8, 4) is 0 Å². The van der Waals surface area contributed by atoms with Crippen LogP contribution in [0.3, 0.4) is 0 Å². The summed E-state index contributed by atoms with van der Waals surface area (Å²) < 4.78 is 5.47. The Kier molecular flexibility index (Phi) is 59.5. The average molecular weight is 1000 g/mol. The minimum atomic E-state index is -0.666. The smallest absolute Gasteiger partial charge is 0.305 e. The lowest BCUT2D eigenvalue weighted by Crippen LogP contribution is -2.45. The summed E-state index contributed by atoms with van der Waals surface area (Å²) in [6.07, 6.45) is 74.7. The molecular weight excluding hydrogens is 875 g/mol. The first-order chi connectivity index (χ1) is 35.0. The van der Waals surface area contributed by atoms with E-state index in [1.807, 2.05) is 0 Å². The van der Waals surface area contributed by atoms with E-state index in [-0.39, 0.29) is 18.5 Å². The van der Waals surface area contributed by atoms with Gasteiger partial charge in [0.25, 0.3) is 0 Å². The number of hydrogen-bond acceptors (Lipinski definition) is 5. The molecule has 0 aliphatic heterocycles. The first-order valence-corrected chi connectivity index (χ1v) is 32.1. The van der Waals surface area contributed by atoms with Gasteiger partial charge in [-0.1, -0.05) is 314 Å². The van der Waals surface area contributed by atoms with Crippen molar-refractivity contribution in [2.75, 3.05) is 13.2 Å². The molecule has 420 valence electrons. The molecular formula is C65H125NO5. The highest BCUT2D eigenvalue weighted by Gasteiger charge is 2.20. The van der Waals surface area contributed by atoms with E-state index < -0.39 is 12.1 Å². The van der Waals surface area contributed by atoms with E-state index in [1.54, 1.807) is 0 Å². The van der Waals surface area contributed by atoms with E-state index in [1.165, 1.54) is 270 Å². The lowest BCUT2D eigenvalue weighted by atomic mass is 10.0. The van der Waals surface area contributed by atoms with Crippen LogP contribution in [0.25, 0.3) is 0 Å². The fourth-order valence-corrected chi connectivity index (χ4v) is 10.1. The number of rotatable bonds is 60. The largest absolute Gasteiger partial charge is 0.466 e. The lowest BCUT2D eigenvalue weighted by molar-refractivity contribution is -0.143. The second-order valence-electron chi connectivity index (χ2n) is 22.1. The number of hydrogen-bond donors (Lipinski definition) is 3. The Labute approximate surface area is 443 Å². The minimum Gasteiger partial charge on any atom is -0.466 e. The molecule has 0 aromatic rings. The Morgan fingerprint density at radius 1 is 0.394 bits per heavy atom. The maximum absolute atomic E-state index is 12.5. The Balaban J connectivity index is 3.39. The predicted octanol–water partition coefficient (Wildman–Crippen LogP) is 20.2. The zero-order chi connectivity index (χ0) is 51.4. The van der Waals surface area contributed by atoms with Gasteiger partial charge in [-0.15, -0.1) is 0 Å². The molecule has 0 rings (SSSR count). The van der Waals surface area contributed by atoms with Gasteiger partial charge in [0, 0.05) is 12.8 Å². The van der Waals surface area contributed by atoms with Gasteiger partial charge in [0.15, 0.2) is 0 Å². The monoisotopic (exact) mass is 1000 g/mol. The third-order valence-electron chi connectivity index (χ3n) is 15.0. The van der Waals surface area contributed by atoms with Gasteiger partial charge in [-0.05, 0) is 51.4 Å². The number of aliphatic hydroxyl groups excluding tert-OH is 2. The molecule has 0 aromatic heterocycles. The van der Waals surface area contributed by atoms with Crippen LogP contribution >= 0.6 is 0 Å². The SMILES string of the molecule is CCCC/C=C\C/C=C\CCCCCCCC(=O)OCCCCCCCCCCCCCCCCCCCCCCCC(=O)NC(CO)C(O)CCCCCCCCCCCCCCCCCCCCC. The minimum absolute atomic E-state index is 0.00200. The molecule has 1 amide bonds. The predicted molar refractivity (Wildman–Crippen MR) is 310 cm³/mol. The van der Waals surface area contributed by atoms with Crippen molar-refractivity contribution in [1.82, 2.24) is 5.32 Å². The molecule has 6 nitrogen and oxygen atoms in total. The van der Waals surface area contributed by atoms with Crippen molar-refractivity contribution >= 4 is 11.9 Å². The molecule has 2 atom stereocenters. The Morgan fingerprint density at radius 2 is 0.718 bits per heavy atom. The molecule has 0 aromatic carbocycles. The van der Waals surface area contributed by atoms with Gasteiger partial charge in [0.2, 0.25) is 5.91 Å². The molecule has 0 aliphatic carbocycles. The maximum Gasteiger partial charge on any atom is 0.305 e. The summed E-state index contributed by atoms with van der Waals surface area (Å²) in [5.41, 5.74) is 0. The van der Waals surface area contributed by atoms with Crippen molar-refractivity contribution in [1.29, 1.82) is 0 Å². The Bertz CT molecular complexity index is 1110. The zero-order valence-electron chi connectivity index (χ0n) is 48.0. The number of aliphatic hydroxyl groups is 2. The second kappa shape index (κ2) is 60.9. The number of unbranched alkanes of at least 4 members (excludes halogenated alkanes) is 45. The Morgan fingerprint density at radius 3 is 1.11 bits per heavy atom. The molecule has 2 unspecified atom stereocenters. The van der Waals surface area contributed by atoms with Gasteiger partial charge in [-0.25, -0.2) is 0 Å². The summed E-state index contributed by atoms with van der Waals surface area (Å²) in [7, 11) is 0. The van der Waals surface area contributed by atoms with Crippen molar-refractivity contribution < 1.29 is 24.5 Å². The first kappa shape index (κ1) is 69.3. The standard InChI is InChI=1S/C65H125NO5/c1-3-5-7-9-11-13-15-17-19-20-24-27-30-33-37-41-45-49-53-57-63(68)62(61-67)66-64(69)58-54-50-46-42-38-34-31-28-25-22-21-23-26-29-32-36-40-44-48-52-56-60-71-65(70)59-55-51-47-43-39-35-18-16-14-12-10-8-6-4-2/h10,12,16,18,62-63,67-68H,3-9,11,13-15,17,19-61H2,1-2H3,(H,66,69)/b12-10-,18-16-. The molecule has 0 spiro atoms. The van der Waals surface area contributed by atoms with E-state index in [4.69, 9.17) is 4.74 Å². The van der Waals surface area contributed by atoms with E-state index in [0.717, 1.165) is 51.4 Å². The van der Waals surface area contributed by atoms with Crippen LogP contribution < -0.4 is 5.32 Å². The number of carbonyl (C=O) groups excluding carboxylic acids is 2. The quantitative estimate of drug-likeness (QED) is 0.0320. The van der Waals surface area contributed by atoms with Crippen molar-refractivity contribution in [2.45, 2.75) is 366 Å². The van der Waals surface area contributed by atoms with E-state index in [9.17, 15) is 19.8 Å². The number of esters is 1. The highest BCUT2D eigenvalue weighted by Crippen LogP contribution is 2.18. The highest BCUT2D eigenvalue weighted by molar-refractivity contribution is 5.76. The summed E-state index contributed by atoms with van der Waals surface area (Å²) >= 11 is 0. The summed E-state index contributed by atoms with van der Waals surface area (Å²) in [5.74, 6) is -0.0349. The lowest BCUT2D eigenvalue weighted by Gasteiger charge is -2.22. The number of nitrogens with one attached hydrogen (secondary N) is 1. The van der Waals surface area contributed by atoms with Crippen LogP contribution in [0.4, 0.5) is 0 Å². The second-order valence-corrected chi connectivity index (χ2v) is 22.1. The van der Waals surface area contributed by atoms with E-state index in [0.29, 0.717) is 25.9 Å². The van der Waals surface area contributed by atoms with Gasteiger partial charge >= 0.3 is 5.97 Å². The van der Waals surface area contributed by atoms with Gasteiger partial charge in [0.1, 0.15) is 0 Å². The molecule has 0 saturated heterocycles. The third kappa shape index (κ3) is 57.5. The fourth-order valence-electron chi connectivity index (χ4n) is 10.1. The van der Waals surface area contributed by atoms with Gasteiger partial charge in [-0.3, -0.25) is 9.59 Å². The maximum atomic E-state index is 12.5. The van der Waals surface area contributed by atoms with Crippen LogP contribution in [-0.2, 0) is 14.3 Å². The van der Waals surface area contributed by atoms with Gasteiger partial charge in [-0.2, -0.15) is 0 Å². The fraction of sp³-hybridized carbons (Fsp3) is 0.908. The molecule has 0 fully saturated rings. The zero-order valence-corrected chi connectivity index (χ0v) is 48.0. The number of carbonyl (C=O) groups is 2. The molecule has 71 heavy (non-hydrogen) atoms. The highest BCUT2D eigenvalue weighted by atomic mass is 16.5. The van der Waals surface area contributed by atoms with Crippen molar-refractivity contribution in [3.63, 3.8) is 0 Å². The number of allylic oxidation sites excluding steroid dienone is 4.